The summed E-state index contributed by atoms with van der Waals surface area (Å²) in [5.74, 6) is 1.46. The van der Waals surface area contributed by atoms with Crippen LogP contribution >= 0.6 is 0 Å². The summed E-state index contributed by atoms with van der Waals surface area (Å²) in [4.78, 5) is 23.3. The third-order valence-electron chi connectivity index (χ3n) is 5.50. The summed E-state index contributed by atoms with van der Waals surface area (Å²) in [6, 6.07) is 18.2. The number of nitrogens with zero attached hydrogens (tertiary/aromatic N) is 3. The summed E-state index contributed by atoms with van der Waals surface area (Å²) in [5.41, 5.74) is 3.20. The van der Waals surface area contributed by atoms with Crippen LogP contribution in [0.4, 0.5) is 5.82 Å². The quantitative estimate of drug-likeness (QED) is 0.690. The van der Waals surface area contributed by atoms with Crippen LogP contribution in [0.1, 0.15) is 34.3 Å². The van der Waals surface area contributed by atoms with Gasteiger partial charge in [-0.1, -0.05) is 30.3 Å². The van der Waals surface area contributed by atoms with Crippen molar-refractivity contribution >= 4 is 11.7 Å². The van der Waals surface area contributed by atoms with Crippen LogP contribution in [-0.2, 0) is 13.0 Å². The Kier molecular flexibility index (Phi) is 6.15. The molecular formula is C24H26N4O. The minimum absolute atomic E-state index is 0.0949. The zero-order valence-corrected chi connectivity index (χ0v) is 16.5. The zero-order chi connectivity index (χ0) is 19.9. The van der Waals surface area contributed by atoms with Gasteiger partial charge in [-0.15, -0.1) is 0 Å². The van der Waals surface area contributed by atoms with E-state index in [0.717, 1.165) is 37.9 Å². The fourth-order valence-corrected chi connectivity index (χ4v) is 3.82. The lowest BCUT2D eigenvalue weighted by Gasteiger charge is -2.32. The van der Waals surface area contributed by atoms with E-state index >= 15 is 0 Å². The van der Waals surface area contributed by atoms with Crippen molar-refractivity contribution in [3.05, 3.63) is 89.9 Å². The van der Waals surface area contributed by atoms with Crippen LogP contribution in [0, 0.1) is 5.92 Å². The number of nitrogens with one attached hydrogen (secondary N) is 1. The Hall–Kier alpha value is -3.21. The van der Waals surface area contributed by atoms with Crippen molar-refractivity contribution in [2.24, 2.45) is 5.92 Å². The van der Waals surface area contributed by atoms with Crippen LogP contribution in [0.3, 0.4) is 0 Å². The second-order valence-corrected chi connectivity index (χ2v) is 7.56. The Labute approximate surface area is 171 Å². The summed E-state index contributed by atoms with van der Waals surface area (Å²) >= 11 is 0. The highest BCUT2D eigenvalue weighted by molar-refractivity contribution is 5.94. The van der Waals surface area contributed by atoms with Gasteiger partial charge in [0, 0.05) is 43.8 Å². The Bertz CT molecular complexity index is 922. The molecule has 0 bridgehead atoms. The number of anilines is 1. The number of piperidine rings is 1. The third kappa shape index (κ3) is 5.19. The van der Waals surface area contributed by atoms with Gasteiger partial charge in [0.15, 0.2) is 0 Å². The van der Waals surface area contributed by atoms with Crippen molar-refractivity contribution in [1.82, 2.24) is 14.9 Å². The van der Waals surface area contributed by atoms with Gasteiger partial charge in [0.25, 0.3) is 5.91 Å². The van der Waals surface area contributed by atoms with E-state index in [1.807, 2.05) is 23.1 Å². The predicted molar refractivity (Wildman–Crippen MR) is 115 cm³/mol. The monoisotopic (exact) mass is 386 g/mol. The van der Waals surface area contributed by atoms with E-state index in [1.54, 1.807) is 24.7 Å². The molecule has 0 radical (unpaired) electrons. The number of rotatable bonds is 6. The van der Waals surface area contributed by atoms with Crippen molar-refractivity contribution in [3.63, 3.8) is 0 Å². The lowest BCUT2D eigenvalue weighted by Crippen LogP contribution is -2.38. The van der Waals surface area contributed by atoms with E-state index in [4.69, 9.17) is 0 Å². The molecule has 29 heavy (non-hydrogen) atoms. The average molecular weight is 386 g/mol. The molecule has 1 aliphatic heterocycles. The van der Waals surface area contributed by atoms with Gasteiger partial charge < -0.3 is 10.2 Å². The van der Waals surface area contributed by atoms with E-state index in [-0.39, 0.29) is 5.91 Å². The van der Waals surface area contributed by atoms with Crippen molar-refractivity contribution in [2.75, 3.05) is 18.4 Å². The molecule has 148 valence electrons. The maximum absolute atomic E-state index is 13.0. The molecule has 5 heteroatoms. The molecule has 1 aliphatic rings. The number of amides is 1. The van der Waals surface area contributed by atoms with Crippen LogP contribution in [-0.4, -0.2) is 33.9 Å². The highest BCUT2D eigenvalue weighted by Crippen LogP contribution is 2.23. The Balaban J connectivity index is 1.31. The Morgan fingerprint density at radius 1 is 0.966 bits per heavy atom. The highest BCUT2D eigenvalue weighted by atomic mass is 16.2. The number of pyridine rings is 2. The maximum Gasteiger partial charge on any atom is 0.254 e. The first kappa shape index (κ1) is 19.1. The van der Waals surface area contributed by atoms with Crippen molar-refractivity contribution < 1.29 is 4.79 Å². The van der Waals surface area contributed by atoms with E-state index in [9.17, 15) is 4.79 Å². The van der Waals surface area contributed by atoms with Gasteiger partial charge in [-0.3, -0.25) is 9.78 Å². The molecule has 5 nitrogen and oxygen atoms in total. The molecule has 0 saturated carbocycles. The number of carbonyl (C=O) groups excluding carboxylic acids is 1. The molecule has 1 aromatic carbocycles. The molecule has 0 aliphatic carbocycles. The SMILES string of the molecule is O=C(c1ccnc(NCc2ccncc2)c1)N1CCC(Cc2ccccc2)CC1. The van der Waals surface area contributed by atoms with Gasteiger partial charge >= 0.3 is 0 Å². The summed E-state index contributed by atoms with van der Waals surface area (Å²) < 4.78 is 0. The molecular weight excluding hydrogens is 360 g/mol. The van der Waals surface area contributed by atoms with Crippen LogP contribution in [0.2, 0.25) is 0 Å². The minimum atomic E-state index is 0.0949. The lowest BCUT2D eigenvalue weighted by atomic mass is 9.90. The fourth-order valence-electron chi connectivity index (χ4n) is 3.82. The van der Waals surface area contributed by atoms with E-state index in [2.05, 4.69) is 45.6 Å². The van der Waals surface area contributed by atoms with Gasteiger partial charge in [-0.2, -0.15) is 0 Å². The van der Waals surface area contributed by atoms with Crippen LogP contribution in [0.25, 0.3) is 0 Å². The highest BCUT2D eigenvalue weighted by Gasteiger charge is 2.24. The predicted octanol–water partition coefficient (Wildman–Crippen LogP) is 4.18. The fraction of sp³-hybridized carbons (Fsp3) is 0.292. The van der Waals surface area contributed by atoms with E-state index in [0.29, 0.717) is 23.8 Å². The minimum Gasteiger partial charge on any atom is -0.366 e. The number of benzene rings is 1. The molecule has 1 saturated heterocycles. The molecule has 4 rings (SSSR count). The molecule has 1 fully saturated rings. The molecule has 0 spiro atoms. The summed E-state index contributed by atoms with van der Waals surface area (Å²) in [7, 11) is 0. The zero-order valence-electron chi connectivity index (χ0n) is 16.5. The average Bonchev–Trinajstić information content (AvgIpc) is 2.79. The second-order valence-electron chi connectivity index (χ2n) is 7.56. The summed E-state index contributed by atoms with van der Waals surface area (Å²) in [6.07, 6.45) is 8.45. The number of hydrogen-bond acceptors (Lipinski definition) is 4. The van der Waals surface area contributed by atoms with Gasteiger partial charge in [0.1, 0.15) is 5.82 Å². The smallest absolute Gasteiger partial charge is 0.254 e. The van der Waals surface area contributed by atoms with Crippen LogP contribution in [0.5, 0.6) is 0 Å². The molecule has 1 amide bonds. The summed E-state index contributed by atoms with van der Waals surface area (Å²) in [5, 5.41) is 3.28. The Morgan fingerprint density at radius 3 is 2.48 bits per heavy atom. The largest absolute Gasteiger partial charge is 0.366 e. The van der Waals surface area contributed by atoms with Gasteiger partial charge in [-0.25, -0.2) is 4.98 Å². The first-order chi connectivity index (χ1) is 14.3. The molecule has 2 aromatic heterocycles. The Morgan fingerprint density at radius 2 is 1.72 bits per heavy atom. The topological polar surface area (TPSA) is 58.1 Å². The van der Waals surface area contributed by atoms with E-state index in [1.165, 1.54) is 5.56 Å². The van der Waals surface area contributed by atoms with Crippen LogP contribution < -0.4 is 5.32 Å². The molecule has 3 aromatic rings. The van der Waals surface area contributed by atoms with Gasteiger partial charge in [-0.05, 0) is 60.6 Å². The van der Waals surface area contributed by atoms with Crippen molar-refractivity contribution in [2.45, 2.75) is 25.8 Å². The standard InChI is InChI=1S/C24H26N4O/c29-24(28-14-9-20(10-15-28)16-19-4-2-1-3-5-19)22-8-13-26-23(17-22)27-18-21-6-11-25-12-7-21/h1-8,11-13,17,20H,9-10,14-16,18H2,(H,26,27). The second kappa shape index (κ2) is 9.32. The van der Waals surface area contributed by atoms with Gasteiger partial charge in [0.05, 0.1) is 0 Å². The third-order valence-corrected chi connectivity index (χ3v) is 5.50. The molecule has 0 atom stereocenters. The molecule has 1 N–H and O–H groups in total. The van der Waals surface area contributed by atoms with E-state index < -0.39 is 0 Å². The first-order valence-corrected chi connectivity index (χ1v) is 10.2. The normalized spacial score (nSPS) is 14.6. The number of hydrogen-bond donors (Lipinski definition) is 1. The molecule has 3 heterocycles. The number of aromatic nitrogens is 2. The van der Waals surface area contributed by atoms with Crippen molar-refractivity contribution in [1.29, 1.82) is 0 Å². The van der Waals surface area contributed by atoms with Gasteiger partial charge in [0.2, 0.25) is 0 Å². The number of likely N-dealkylation sites (tertiary alicyclic amines) is 1. The summed E-state index contributed by atoms with van der Waals surface area (Å²) in [6.45, 7) is 2.29. The van der Waals surface area contributed by atoms with Crippen LogP contribution in [0.15, 0.2) is 73.2 Å². The number of carbonyl (C=O) groups is 1. The lowest BCUT2D eigenvalue weighted by molar-refractivity contribution is 0.0690. The first-order valence-electron chi connectivity index (χ1n) is 10.2. The maximum atomic E-state index is 13.0. The van der Waals surface area contributed by atoms with Crippen molar-refractivity contribution in [3.8, 4) is 0 Å². The molecule has 0 unspecified atom stereocenters.